The molecule has 0 bridgehead atoms. The molecule has 0 unspecified atom stereocenters. The lowest BCUT2D eigenvalue weighted by atomic mass is 9.99. The van der Waals surface area contributed by atoms with E-state index < -0.39 is 0 Å². The molecule has 3 amide bonds. The topological polar surface area (TPSA) is 93.7 Å². The van der Waals surface area contributed by atoms with Gasteiger partial charge in [-0.2, -0.15) is 0 Å². The van der Waals surface area contributed by atoms with Gasteiger partial charge in [-0.05, 0) is 43.5 Å². The highest BCUT2D eigenvalue weighted by atomic mass is 35.5. The fourth-order valence-corrected chi connectivity index (χ4v) is 3.07. The summed E-state index contributed by atoms with van der Waals surface area (Å²) in [6.07, 6.45) is 2.13. The number of amides is 3. The summed E-state index contributed by atoms with van der Waals surface area (Å²) in [6, 6.07) is 4.34. The number of aliphatic hydroxyl groups is 1. The Kier molecular flexibility index (Phi) is 7.49. The first-order valence-electron chi connectivity index (χ1n) is 8.43. The summed E-state index contributed by atoms with van der Waals surface area (Å²) < 4.78 is 0. The Morgan fingerprint density at radius 2 is 2.20 bits per heavy atom. The maximum atomic E-state index is 12.0. The van der Waals surface area contributed by atoms with Crippen LogP contribution < -0.4 is 16.0 Å². The number of urea groups is 1. The van der Waals surface area contributed by atoms with E-state index in [9.17, 15) is 14.7 Å². The molecule has 8 heteroatoms. The van der Waals surface area contributed by atoms with Gasteiger partial charge in [-0.1, -0.05) is 11.6 Å². The fraction of sp³-hybridized carbons (Fsp3) is 0.529. The number of benzene rings is 1. The molecule has 0 radical (unpaired) electrons. The minimum Gasteiger partial charge on any atom is -0.396 e. The Morgan fingerprint density at radius 1 is 1.40 bits per heavy atom. The molecule has 4 N–H and O–H groups in total. The van der Waals surface area contributed by atoms with Crippen LogP contribution in [0.5, 0.6) is 0 Å². The molecule has 1 aromatic carbocycles. The number of hydrogen-bond acceptors (Lipinski definition) is 4. The smallest absolute Gasteiger partial charge is 0.319 e. The first-order chi connectivity index (χ1) is 12.0. The maximum absolute atomic E-state index is 12.0. The summed E-state index contributed by atoms with van der Waals surface area (Å²) in [6.45, 7) is 3.29. The Hall–Kier alpha value is -1.83. The molecule has 1 aromatic rings. The molecule has 1 saturated heterocycles. The highest BCUT2D eigenvalue weighted by Gasteiger charge is 2.18. The average Bonchev–Trinajstić information content (AvgIpc) is 2.63. The number of piperidine rings is 1. The number of hydrogen-bond donors (Lipinski definition) is 4. The van der Waals surface area contributed by atoms with Crippen LogP contribution in [0.3, 0.4) is 0 Å². The monoisotopic (exact) mass is 368 g/mol. The predicted octanol–water partition coefficient (Wildman–Crippen LogP) is 1.53. The van der Waals surface area contributed by atoms with Gasteiger partial charge in [0.2, 0.25) is 0 Å². The Bertz CT molecular complexity index is 612. The van der Waals surface area contributed by atoms with Crippen LogP contribution in [0.15, 0.2) is 18.2 Å². The Labute approximate surface area is 152 Å². The minimum absolute atomic E-state index is 0.213. The van der Waals surface area contributed by atoms with Gasteiger partial charge in [0.05, 0.1) is 10.7 Å². The van der Waals surface area contributed by atoms with Gasteiger partial charge in [0, 0.05) is 38.9 Å². The third-order valence-corrected chi connectivity index (χ3v) is 4.61. The summed E-state index contributed by atoms with van der Waals surface area (Å²) >= 11 is 6.07. The van der Waals surface area contributed by atoms with Crippen molar-refractivity contribution in [2.45, 2.75) is 12.8 Å². The van der Waals surface area contributed by atoms with Crippen LogP contribution in [0, 0.1) is 5.92 Å². The molecular formula is C17H25ClN4O3. The molecule has 0 aliphatic carbocycles. The van der Waals surface area contributed by atoms with E-state index in [1.807, 2.05) is 0 Å². The second kappa shape index (κ2) is 9.60. The van der Waals surface area contributed by atoms with Crippen LogP contribution in [0.2, 0.25) is 5.02 Å². The lowest BCUT2D eigenvalue weighted by molar-refractivity contribution is 0.0963. The number of aliphatic hydroxyl groups excluding tert-OH is 1. The van der Waals surface area contributed by atoms with E-state index in [1.165, 1.54) is 6.07 Å². The van der Waals surface area contributed by atoms with Gasteiger partial charge in [0.1, 0.15) is 0 Å². The van der Waals surface area contributed by atoms with Crippen LogP contribution in [0.1, 0.15) is 23.2 Å². The summed E-state index contributed by atoms with van der Waals surface area (Å²) in [4.78, 5) is 25.9. The van der Waals surface area contributed by atoms with E-state index in [0.717, 1.165) is 32.5 Å². The largest absolute Gasteiger partial charge is 0.396 e. The van der Waals surface area contributed by atoms with Gasteiger partial charge in [0.25, 0.3) is 5.91 Å². The first-order valence-corrected chi connectivity index (χ1v) is 8.81. The Morgan fingerprint density at radius 3 is 2.92 bits per heavy atom. The van der Waals surface area contributed by atoms with Crippen LogP contribution in [0.4, 0.5) is 10.5 Å². The normalized spacial score (nSPS) is 17.8. The van der Waals surface area contributed by atoms with Crippen molar-refractivity contribution in [1.82, 2.24) is 15.5 Å². The van der Waals surface area contributed by atoms with Crippen molar-refractivity contribution >= 4 is 29.2 Å². The molecule has 1 atom stereocenters. The standard InChI is InChI=1S/C17H25ClN4O3/c1-19-16(24)13-4-5-14(18)15(9-13)21-17(25)20-6-8-22-7-2-3-12(10-22)11-23/h4-5,9,12,23H,2-3,6-8,10-11H2,1H3,(H,19,24)(H2,20,21,25)/t12-/m0/s1. The van der Waals surface area contributed by atoms with E-state index in [-0.39, 0.29) is 18.5 Å². The lowest BCUT2D eigenvalue weighted by Crippen LogP contribution is -2.42. The maximum Gasteiger partial charge on any atom is 0.319 e. The van der Waals surface area contributed by atoms with E-state index in [1.54, 1.807) is 19.2 Å². The summed E-state index contributed by atoms with van der Waals surface area (Å²) in [7, 11) is 1.54. The van der Waals surface area contributed by atoms with E-state index in [4.69, 9.17) is 11.6 Å². The number of nitrogens with one attached hydrogen (secondary N) is 3. The third kappa shape index (κ3) is 5.88. The summed E-state index contributed by atoms with van der Waals surface area (Å²) in [5.74, 6) is 0.0810. The van der Waals surface area contributed by atoms with Gasteiger partial charge < -0.3 is 26.0 Å². The van der Waals surface area contributed by atoms with Gasteiger partial charge in [-0.25, -0.2) is 4.79 Å². The van der Waals surface area contributed by atoms with Crippen LogP contribution >= 0.6 is 11.6 Å². The van der Waals surface area contributed by atoms with Crippen molar-refractivity contribution in [2.24, 2.45) is 5.92 Å². The predicted molar refractivity (Wildman–Crippen MR) is 98.1 cm³/mol. The molecule has 138 valence electrons. The van der Waals surface area contributed by atoms with Crippen LogP contribution in [-0.4, -0.2) is 61.8 Å². The minimum atomic E-state index is -0.369. The lowest BCUT2D eigenvalue weighted by Gasteiger charge is -2.31. The average molecular weight is 369 g/mol. The van der Waals surface area contributed by atoms with E-state index >= 15 is 0 Å². The molecule has 25 heavy (non-hydrogen) atoms. The molecule has 7 nitrogen and oxygen atoms in total. The summed E-state index contributed by atoms with van der Waals surface area (Å²) in [5.41, 5.74) is 0.809. The molecule has 0 spiro atoms. The van der Waals surface area contributed by atoms with Crippen LogP contribution in [0.25, 0.3) is 0 Å². The van der Waals surface area contributed by atoms with Crippen molar-refractivity contribution in [2.75, 3.05) is 45.2 Å². The van der Waals surface area contributed by atoms with Crippen molar-refractivity contribution in [3.05, 3.63) is 28.8 Å². The number of halogens is 1. The molecule has 1 fully saturated rings. The zero-order valence-electron chi connectivity index (χ0n) is 14.3. The van der Waals surface area contributed by atoms with E-state index in [2.05, 4.69) is 20.9 Å². The highest BCUT2D eigenvalue weighted by Crippen LogP contribution is 2.23. The number of carbonyl (C=O) groups excluding carboxylic acids is 2. The second-order valence-corrected chi connectivity index (χ2v) is 6.55. The molecular weight excluding hydrogens is 344 g/mol. The van der Waals surface area contributed by atoms with Crippen molar-refractivity contribution in [1.29, 1.82) is 0 Å². The SMILES string of the molecule is CNC(=O)c1ccc(Cl)c(NC(=O)NCCN2CCC[C@H](CO)C2)c1. The van der Waals surface area contributed by atoms with Crippen molar-refractivity contribution in [3.8, 4) is 0 Å². The molecule has 1 heterocycles. The number of rotatable bonds is 6. The summed E-state index contributed by atoms with van der Waals surface area (Å²) in [5, 5.41) is 17.6. The van der Waals surface area contributed by atoms with Gasteiger partial charge in [-0.3, -0.25) is 4.79 Å². The van der Waals surface area contributed by atoms with Gasteiger partial charge in [-0.15, -0.1) is 0 Å². The number of carbonyl (C=O) groups is 2. The second-order valence-electron chi connectivity index (χ2n) is 6.15. The molecule has 1 aliphatic rings. The zero-order valence-corrected chi connectivity index (χ0v) is 15.1. The van der Waals surface area contributed by atoms with Gasteiger partial charge in [0.15, 0.2) is 0 Å². The highest BCUT2D eigenvalue weighted by molar-refractivity contribution is 6.33. The molecule has 0 aromatic heterocycles. The molecule has 2 rings (SSSR count). The quantitative estimate of drug-likeness (QED) is 0.612. The third-order valence-electron chi connectivity index (χ3n) is 4.28. The fourth-order valence-electron chi connectivity index (χ4n) is 2.90. The number of likely N-dealkylation sites (tertiary alicyclic amines) is 1. The van der Waals surface area contributed by atoms with Gasteiger partial charge >= 0.3 is 6.03 Å². The van der Waals surface area contributed by atoms with Crippen molar-refractivity contribution < 1.29 is 14.7 Å². The number of anilines is 1. The first kappa shape index (κ1) is 19.5. The Balaban J connectivity index is 1.81. The zero-order chi connectivity index (χ0) is 18.2. The van der Waals surface area contributed by atoms with Crippen LogP contribution in [-0.2, 0) is 0 Å². The molecule has 1 aliphatic heterocycles. The molecule has 0 saturated carbocycles. The van der Waals surface area contributed by atoms with Crippen molar-refractivity contribution in [3.63, 3.8) is 0 Å². The number of nitrogens with zero attached hydrogens (tertiary/aromatic N) is 1. The van der Waals surface area contributed by atoms with E-state index in [0.29, 0.717) is 28.7 Å².